The van der Waals surface area contributed by atoms with Crippen LogP contribution < -0.4 is 5.56 Å². The van der Waals surface area contributed by atoms with E-state index in [1.54, 1.807) is 30.7 Å². The van der Waals surface area contributed by atoms with Crippen LogP contribution in [0.25, 0.3) is 22.0 Å². The molecule has 5 heteroatoms. The van der Waals surface area contributed by atoms with Gasteiger partial charge < -0.3 is 9.55 Å². The molecule has 0 aliphatic rings. The Morgan fingerprint density at radius 3 is 2.50 bits per heavy atom. The van der Waals surface area contributed by atoms with Gasteiger partial charge in [-0.1, -0.05) is 48.5 Å². The molecule has 0 saturated heterocycles. The maximum atomic E-state index is 14.0. The Morgan fingerprint density at radius 2 is 1.73 bits per heavy atom. The van der Waals surface area contributed by atoms with Gasteiger partial charge in [-0.15, -0.1) is 0 Å². The Morgan fingerprint density at radius 1 is 0.900 bits per heavy atom. The first-order chi connectivity index (χ1) is 14.7. The van der Waals surface area contributed by atoms with E-state index < -0.39 is 0 Å². The Labute approximate surface area is 172 Å². The van der Waals surface area contributed by atoms with E-state index in [4.69, 9.17) is 0 Å². The average molecular weight is 395 g/mol. The monoisotopic (exact) mass is 395 g/mol. The number of pyridine rings is 1. The van der Waals surface area contributed by atoms with Crippen molar-refractivity contribution < 1.29 is 4.39 Å². The van der Waals surface area contributed by atoms with Gasteiger partial charge in [-0.2, -0.15) is 0 Å². The first-order valence-electron chi connectivity index (χ1n) is 9.64. The Kier molecular flexibility index (Phi) is 4.48. The molecule has 0 bridgehead atoms. The zero-order valence-corrected chi connectivity index (χ0v) is 16.0. The normalized spacial score (nSPS) is 12.2. The van der Waals surface area contributed by atoms with Crippen molar-refractivity contribution in [2.24, 2.45) is 0 Å². The number of hydrogen-bond donors (Lipinski definition) is 1. The summed E-state index contributed by atoms with van der Waals surface area (Å²) in [7, 11) is 0. The minimum atomic E-state index is -0.285. The molecule has 5 aromatic rings. The van der Waals surface area contributed by atoms with Crippen LogP contribution in [0.5, 0.6) is 0 Å². The van der Waals surface area contributed by atoms with Crippen LogP contribution in [-0.4, -0.2) is 14.5 Å². The van der Waals surface area contributed by atoms with E-state index in [1.807, 2.05) is 59.3 Å². The van der Waals surface area contributed by atoms with Crippen molar-refractivity contribution in [3.05, 3.63) is 125 Å². The van der Waals surface area contributed by atoms with E-state index in [0.717, 1.165) is 33.2 Å². The second-order valence-corrected chi connectivity index (χ2v) is 7.19. The smallest absolute Gasteiger partial charge is 0.249 e. The molecular weight excluding hydrogens is 377 g/mol. The number of benzene rings is 3. The quantitative estimate of drug-likeness (QED) is 0.456. The van der Waals surface area contributed by atoms with E-state index >= 15 is 0 Å². The topological polar surface area (TPSA) is 50.7 Å². The molecule has 0 aliphatic heterocycles. The predicted molar refractivity (Wildman–Crippen MR) is 116 cm³/mol. The first-order valence-corrected chi connectivity index (χ1v) is 9.64. The molecule has 0 aliphatic carbocycles. The highest BCUT2D eigenvalue weighted by Crippen LogP contribution is 2.32. The number of H-pyrrole nitrogens is 1. The van der Waals surface area contributed by atoms with Gasteiger partial charge in [0.05, 0.1) is 12.4 Å². The summed E-state index contributed by atoms with van der Waals surface area (Å²) in [6.07, 6.45) is 5.30. The summed E-state index contributed by atoms with van der Waals surface area (Å²) in [4.78, 5) is 19.3. The molecule has 1 unspecified atom stereocenters. The van der Waals surface area contributed by atoms with Crippen LogP contribution in [0.1, 0.15) is 17.2 Å². The molecule has 1 atom stereocenters. The Hall–Kier alpha value is -3.99. The standard InChI is InChI=1S/C25H18FN3O/c26-20-8-4-7-18(13-20)25(29-12-11-27-16-29)19-9-10-23-22(14-19)21(15-24(30)28-23)17-5-2-1-3-6-17/h1-16,25H,(H,28,30). The van der Waals surface area contributed by atoms with E-state index in [-0.39, 0.29) is 17.4 Å². The van der Waals surface area contributed by atoms with E-state index in [9.17, 15) is 9.18 Å². The minimum absolute atomic E-state index is 0.148. The number of rotatable bonds is 4. The summed E-state index contributed by atoms with van der Waals surface area (Å²) >= 11 is 0. The van der Waals surface area contributed by atoms with Gasteiger partial charge in [0, 0.05) is 29.4 Å². The van der Waals surface area contributed by atoms with Crippen molar-refractivity contribution in [2.75, 3.05) is 0 Å². The van der Waals surface area contributed by atoms with E-state index in [0.29, 0.717) is 0 Å². The number of hydrogen-bond acceptors (Lipinski definition) is 2. The summed E-state index contributed by atoms with van der Waals surface area (Å²) < 4.78 is 16.0. The largest absolute Gasteiger partial charge is 0.326 e. The van der Waals surface area contributed by atoms with Gasteiger partial charge in [-0.25, -0.2) is 9.37 Å². The minimum Gasteiger partial charge on any atom is -0.326 e. The number of halogens is 1. The summed E-state index contributed by atoms with van der Waals surface area (Å²) in [6.45, 7) is 0. The van der Waals surface area contributed by atoms with Crippen molar-refractivity contribution >= 4 is 10.9 Å². The highest BCUT2D eigenvalue weighted by Gasteiger charge is 2.18. The second-order valence-electron chi connectivity index (χ2n) is 7.19. The molecule has 5 rings (SSSR count). The third-order valence-corrected chi connectivity index (χ3v) is 5.26. The van der Waals surface area contributed by atoms with Gasteiger partial charge in [0.2, 0.25) is 5.56 Å². The number of aromatic amines is 1. The van der Waals surface area contributed by atoms with Crippen LogP contribution in [0.2, 0.25) is 0 Å². The highest BCUT2D eigenvalue weighted by atomic mass is 19.1. The molecule has 0 saturated carbocycles. The lowest BCUT2D eigenvalue weighted by Gasteiger charge is -2.21. The molecule has 0 fully saturated rings. The third-order valence-electron chi connectivity index (χ3n) is 5.26. The number of imidazole rings is 1. The summed E-state index contributed by atoms with van der Waals surface area (Å²) in [5.41, 5.74) is 4.22. The average Bonchev–Trinajstić information content (AvgIpc) is 3.28. The van der Waals surface area contributed by atoms with Gasteiger partial charge in [0.15, 0.2) is 0 Å². The van der Waals surface area contributed by atoms with Crippen LogP contribution in [0.15, 0.2) is 102 Å². The number of nitrogens with one attached hydrogen (secondary N) is 1. The van der Waals surface area contributed by atoms with Gasteiger partial charge in [-0.05, 0) is 46.5 Å². The fourth-order valence-corrected chi connectivity index (χ4v) is 3.93. The van der Waals surface area contributed by atoms with Crippen molar-refractivity contribution in [2.45, 2.75) is 6.04 Å². The van der Waals surface area contributed by atoms with Gasteiger partial charge >= 0.3 is 0 Å². The second kappa shape index (κ2) is 7.44. The maximum absolute atomic E-state index is 14.0. The van der Waals surface area contributed by atoms with E-state index in [2.05, 4.69) is 16.0 Å². The Balaban J connectivity index is 1.75. The fourth-order valence-electron chi connectivity index (χ4n) is 3.93. The SMILES string of the molecule is O=c1cc(-c2ccccc2)c2cc(C(c3cccc(F)c3)n3ccnc3)ccc2[nH]1. The van der Waals surface area contributed by atoms with Crippen LogP contribution >= 0.6 is 0 Å². The van der Waals surface area contributed by atoms with Crippen LogP contribution in [0.4, 0.5) is 4.39 Å². The summed E-state index contributed by atoms with van der Waals surface area (Å²) in [6, 6.07) is 23.7. The van der Waals surface area contributed by atoms with Gasteiger partial charge in [0.25, 0.3) is 0 Å². The molecule has 1 N–H and O–H groups in total. The van der Waals surface area contributed by atoms with E-state index in [1.165, 1.54) is 6.07 Å². The van der Waals surface area contributed by atoms with Crippen molar-refractivity contribution in [1.82, 2.24) is 14.5 Å². The van der Waals surface area contributed by atoms with Crippen LogP contribution in [0, 0.1) is 5.82 Å². The van der Waals surface area contributed by atoms with Crippen molar-refractivity contribution in [3.63, 3.8) is 0 Å². The number of aromatic nitrogens is 3. The van der Waals surface area contributed by atoms with Crippen molar-refractivity contribution in [1.29, 1.82) is 0 Å². The summed E-state index contributed by atoms with van der Waals surface area (Å²) in [5, 5.41) is 0.930. The lowest BCUT2D eigenvalue weighted by atomic mass is 9.94. The molecule has 0 radical (unpaired) electrons. The van der Waals surface area contributed by atoms with Gasteiger partial charge in [-0.3, -0.25) is 4.79 Å². The molecule has 3 aromatic carbocycles. The molecule has 0 amide bonds. The molecule has 2 aromatic heterocycles. The lowest BCUT2D eigenvalue weighted by Crippen LogP contribution is -2.12. The Bertz CT molecular complexity index is 1370. The lowest BCUT2D eigenvalue weighted by molar-refractivity contribution is 0.615. The number of nitrogens with zero attached hydrogens (tertiary/aromatic N) is 2. The zero-order chi connectivity index (χ0) is 20.5. The molecule has 146 valence electrons. The van der Waals surface area contributed by atoms with Crippen molar-refractivity contribution in [3.8, 4) is 11.1 Å². The summed E-state index contributed by atoms with van der Waals surface area (Å²) in [5.74, 6) is -0.285. The first kappa shape index (κ1) is 18.1. The van der Waals surface area contributed by atoms with Crippen LogP contribution in [0.3, 0.4) is 0 Å². The maximum Gasteiger partial charge on any atom is 0.249 e. The van der Waals surface area contributed by atoms with Crippen LogP contribution in [-0.2, 0) is 0 Å². The molecule has 0 spiro atoms. The zero-order valence-electron chi connectivity index (χ0n) is 16.0. The molecule has 2 heterocycles. The third kappa shape index (κ3) is 3.31. The number of fused-ring (bicyclic) bond motifs is 1. The fraction of sp³-hybridized carbons (Fsp3) is 0.0400. The predicted octanol–water partition coefficient (Wildman–Crippen LogP) is 5.17. The van der Waals surface area contributed by atoms with Gasteiger partial charge in [0.1, 0.15) is 5.82 Å². The molecular formula is C25H18FN3O. The highest BCUT2D eigenvalue weighted by molar-refractivity contribution is 5.94. The molecule has 4 nitrogen and oxygen atoms in total. The molecule has 30 heavy (non-hydrogen) atoms.